The monoisotopic (exact) mass is 368 g/mol. The number of carbonyl (C=O) groups excluding carboxylic acids is 1. The number of rotatable bonds is 5. The third-order valence-electron chi connectivity index (χ3n) is 4.01. The van der Waals surface area contributed by atoms with E-state index in [-0.39, 0.29) is 12.2 Å². The number of aliphatic hydroxyl groups excluding tert-OH is 1. The van der Waals surface area contributed by atoms with Gasteiger partial charge in [-0.05, 0) is 47.9 Å². The molecule has 3 aromatic rings. The lowest BCUT2D eigenvalue weighted by Gasteiger charge is -2.12. The van der Waals surface area contributed by atoms with E-state index in [2.05, 4.69) is 10.6 Å². The van der Waals surface area contributed by atoms with Gasteiger partial charge in [0.25, 0.3) is 0 Å². The van der Waals surface area contributed by atoms with E-state index in [0.29, 0.717) is 23.4 Å². The molecule has 0 heterocycles. The van der Waals surface area contributed by atoms with Gasteiger partial charge in [-0.2, -0.15) is 0 Å². The van der Waals surface area contributed by atoms with E-state index in [0.717, 1.165) is 11.6 Å². The van der Waals surface area contributed by atoms with Crippen LogP contribution in [0, 0.1) is 11.6 Å². The molecule has 0 saturated heterocycles. The lowest BCUT2D eigenvalue weighted by Crippen LogP contribution is -2.20. The first-order valence-corrected chi connectivity index (χ1v) is 8.39. The van der Waals surface area contributed by atoms with Crippen molar-refractivity contribution in [2.45, 2.75) is 6.42 Å². The van der Waals surface area contributed by atoms with Gasteiger partial charge in [0.1, 0.15) is 11.6 Å². The Kier molecular flexibility index (Phi) is 5.78. The van der Waals surface area contributed by atoms with Gasteiger partial charge < -0.3 is 15.7 Å². The van der Waals surface area contributed by atoms with E-state index in [1.807, 2.05) is 12.1 Å². The summed E-state index contributed by atoms with van der Waals surface area (Å²) in [5.74, 6) is -1.32. The third-order valence-corrected chi connectivity index (χ3v) is 4.01. The Bertz CT molecular complexity index is 960. The fraction of sp³-hybridized carbons (Fsp3) is 0.0952. The lowest BCUT2D eigenvalue weighted by atomic mass is 10.0. The number of urea groups is 1. The molecule has 3 rings (SSSR count). The van der Waals surface area contributed by atoms with Gasteiger partial charge in [0.2, 0.25) is 0 Å². The molecule has 0 bridgehead atoms. The van der Waals surface area contributed by atoms with Crippen LogP contribution in [0.2, 0.25) is 0 Å². The molecule has 6 heteroatoms. The van der Waals surface area contributed by atoms with Crippen LogP contribution in [0.5, 0.6) is 0 Å². The van der Waals surface area contributed by atoms with Crippen LogP contribution in [0.3, 0.4) is 0 Å². The number of benzene rings is 3. The zero-order valence-electron chi connectivity index (χ0n) is 14.4. The number of hydrogen-bond acceptors (Lipinski definition) is 2. The average molecular weight is 368 g/mol. The molecule has 0 aromatic heterocycles. The molecule has 27 heavy (non-hydrogen) atoms. The average Bonchev–Trinajstić information content (AvgIpc) is 2.64. The summed E-state index contributed by atoms with van der Waals surface area (Å²) in [6.07, 6.45) is 0.426. The number of para-hydroxylation sites is 1. The summed E-state index contributed by atoms with van der Waals surface area (Å²) in [5, 5.41) is 14.5. The quantitative estimate of drug-likeness (QED) is 0.605. The van der Waals surface area contributed by atoms with Gasteiger partial charge in [0, 0.05) is 29.6 Å². The first kappa shape index (κ1) is 18.5. The maximum atomic E-state index is 14.0. The molecule has 3 N–H and O–H groups in total. The van der Waals surface area contributed by atoms with Crippen molar-refractivity contribution in [3.63, 3.8) is 0 Å². The second-order valence-electron chi connectivity index (χ2n) is 5.91. The molecule has 0 radical (unpaired) electrons. The van der Waals surface area contributed by atoms with Gasteiger partial charge in [-0.15, -0.1) is 0 Å². The van der Waals surface area contributed by atoms with Crippen LogP contribution in [0.15, 0.2) is 66.7 Å². The summed E-state index contributed by atoms with van der Waals surface area (Å²) in [7, 11) is 0. The van der Waals surface area contributed by atoms with Crippen molar-refractivity contribution in [2.24, 2.45) is 0 Å². The van der Waals surface area contributed by atoms with Gasteiger partial charge in [0.05, 0.1) is 0 Å². The van der Waals surface area contributed by atoms with E-state index in [4.69, 9.17) is 5.11 Å². The SMILES string of the molecule is O=C(Nc1cccc(-c2ccc(F)cc2F)c1)Nc1ccccc1CCO. The van der Waals surface area contributed by atoms with Gasteiger partial charge in [-0.1, -0.05) is 30.3 Å². The number of anilines is 2. The zero-order chi connectivity index (χ0) is 19.2. The predicted octanol–water partition coefficient (Wildman–Crippen LogP) is 4.81. The van der Waals surface area contributed by atoms with Crippen molar-refractivity contribution >= 4 is 17.4 Å². The van der Waals surface area contributed by atoms with Crippen LogP contribution in [0.1, 0.15) is 5.56 Å². The molecule has 0 saturated carbocycles. The zero-order valence-corrected chi connectivity index (χ0v) is 14.4. The Hall–Kier alpha value is -3.25. The summed E-state index contributed by atoms with van der Waals surface area (Å²) in [6, 6.07) is 16.7. The highest BCUT2D eigenvalue weighted by molar-refractivity contribution is 6.00. The largest absolute Gasteiger partial charge is 0.396 e. The van der Waals surface area contributed by atoms with Crippen LogP contribution in [-0.4, -0.2) is 17.7 Å². The minimum Gasteiger partial charge on any atom is -0.396 e. The first-order chi connectivity index (χ1) is 13.1. The minimum atomic E-state index is -0.672. The van der Waals surface area contributed by atoms with E-state index >= 15 is 0 Å². The fourth-order valence-corrected chi connectivity index (χ4v) is 2.75. The minimum absolute atomic E-state index is 0.0222. The Labute approximate surface area is 155 Å². The smallest absolute Gasteiger partial charge is 0.323 e. The van der Waals surface area contributed by atoms with Crippen molar-refractivity contribution in [1.29, 1.82) is 0 Å². The Morgan fingerprint density at radius 2 is 1.74 bits per heavy atom. The molecule has 0 aliphatic carbocycles. The van der Waals surface area contributed by atoms with Gasteiger partial charge in [0.15, 0.2) is 0 Å². The molecule has 138 valence electrons. The Balaban J connectivity index is 1.76. The molecule has 0 unspecified atom stereocenters. The molecule has 3 aromatic carbocycles. The number of hydrogen-bond donors (Lipinski definition) is 3. The number of amides is 2. The van der Waals surface area contributed by atoms with Crippen molar-refractivity contribution in [1.82, 2.24) is 0 Å². The van der Waals surface area contributed by atoms with Crippen LogP contribution in [-0.2, 0) is 6.42 Å². The molecular formula is C21H18F2N2O2. The van der Waals surface area contributed by atoms with Crippen molar-refractivity contribution in [3.8, 4) is 11.1 Å². The molecule has 4 nitrogen and oxygen atoms in total. The van der Waals surface area contributed by atoms with Gasteiger partial charge >= 0.3 is 6.03 Å². The highest BCUT2D eigenvalue weighted by Crippen LogP contribution is 2.26. The Morgan fingerprint density at radius 1 is 0.926 bits per heavy atom. The molecule has 0 atom stereocenters. The fourth-order valence-electron chi connectivity index (χ4n) is 2.75. The predicted molar refractivity (Wildman–Crippen MR) is 102 cm³/mol. The van der Waals surface area contributed by atoms with E-state index < -0.39 is 17.7 Å². The molecule has 0 spiro atoms. The normalized spacial score (nSPS) is 10.5. The Morgan fingerprint density at radius 3 is 2.52 bits per heavy atom. The second kappa shape index (κ2) is 8.42. The molecule has 0 aliphatic heterocycles. The summed E-state index contributed by atoms with van der Waals surface area (Å²) in [5.41, 5.74) is 2.65. The lowest BCUT2D eigenvalue weighted by molar-refractivity contribution is 0.262. The maximum absolute atomic E-state index is 14.0. The standard InChI is InChI=1S/C21H18F2N2O2/c22-16-8-9-18(19(23)13-16)15-5-3-6-17(12-15)24-21(27)25-20-7-2-1-4-14(20)10-11-26/h1-9,12-13,26H,10-11H2,(H2,24,25,27). The third kappa shape index (κ3) is 4.68. The molecule has 2 amide bonds. The molecule has 0 fully saturated rings. The van der Waals surface area contributed by atoms with Crippen molar-refractivity contribution in [2.75, 3.05) is 17.2 Å². The van der Waals surface area contributed by atoms with E-state index in [1.165, 1.54) is 12.1 Å². The van der Waals surface area contributed by atoms with E-state index in [9.17, 15) is 13.6 Å². The highest BCUT2D eigenvalue weighted by atomic mass is 19.1. The van der Waals surface area contributed by atoms with Crippen molar-refractivity contribution in [3.05, 3.63) is 83.9 Å². The van der Waals surface area contributed by atoms with E-state index in [1.54, 1.807) is 36.4 Å². The maximum Gasteiger partial charge on any atom is 0.323 e. The topological polar surface area (TPSA) is 61.4 Å². The summed E-state index contributed by atoms with van der Waals surface area (Å²) >= 11 is 0. The highest BCUT2D eigenvalue weighted by Gasteiger charge is 2.09. The van der Waals surface area contributed by atoms with Crippen LogP contribution in [0.4, 0.5) is 25.0 Å². The summed E-state index contributed by atoms with van der Waals surface area (Å²) in [6.45, 7) is -0.0222. The number of halogens is 2. The molecule has 0 aliphatic rings. The second-order valence-corrected chi connectivity index (χ2v) is 5.91. The molecular weight excluding hydrogens is 350 g/mol. The number of aliphatic hydroxyl groups is 1. The van der Waals surface area contributed by atoms with Crippen LogP contribution in [0.25, 0.3) is 11.1 Å². The van der Waals surface area contributed by atoms with Gasteiger partial charge in [-0.3, -0.25) is 0 Å². The summed E-state index contributed by atoms with van der Waals surface area (Å²) in [4.78, 5) is 12.3. The van der Waals surface area contributed by atoms with Crippen molar-refractivity contribution < 1.29 is 18.7 Å². The van der Waals surface area contributed by atoms with Crippen LogP contribution >= 0.6 is 0 Å². The summed E-state index contributed by atoms with van der Waals surface area (Å²) < 4.78 is 27.1. The van der Waals surface area contributed by atoms with Crippen LogP contribution < -0.4 is 10.6 Å². The van der Waals surface area contributed by atoms with Gasteiger partial charge in [-0.25, -0.2) is 13.6 Å². The number of nitrogens with one attached hydrogen (secondary N) is 2. The first-order valence-electron chi connectivity index (χ1n) is 8.39. The number of carbonyl (C=O) groups is 1.